The Balaban J connectivity index is 2.66. The molecule has 0 radical (unpaired) electrons. The lowest BCUT2D eigenvalue weighted by atomic mass is 10.2. The fourth-order valence-electron chi connectivity index (χ4n) is 1.33. The molecule has 0 fully saturated rings. The standard InChI is InChI=1S/C10H12ClF3N2/c1-6(5-10(12,13)14)16-9-3-2-7(11)4-8(9)15/h2-4,6,16H,5,15H2,1H3. The van der Waals surface area contributed by atoms with Crippen molar-refractivity contribution in [2.24, 2.45) is 0 Å². The van der Waals surface area contributed by atoms with Gasteiger partial charge in [0, 0.05) is 11.1 Å². The van der Waals surface area contributed by atoms with Crippen molar-refractivity contribution in [2.75, 3.05) is 11.1 Å². The summed E-state index contributed by atoms with van der Waals surface area (Å²) in [5, 5.41) is 3.14. The van der Waals surface area contributed by atoms with E-state index in [0.717, 1.165) is 0 Å². The van der Waals surface area contributed by atoms with Crippen LogP contribution in [0.5, 0.6) is 0 Å². The highest BCUT2D eigenvalue weighted by Crippen LogP contribution is 2.27. The van der Waals surface area contributed by atoms with E-state index < -0.39 is 18.6 Å². The minimum absolute atomic E-state index is 0.335. The van der Waals surface area contributed by atoms with E-state index in [-0.39, 0.29) is 0 Å². The van der Waals surface area contributed by atoms with Crippen LogP contribution in [0.4, 0.5) is 24.5 Å². The Morgan fingerprint density at radius 3 is 2.56 bits per heavy atom. The number of halogens is 4. The van der Waals surface area contributed by atoms with E-state index in [2.05, 4.69) is 5.32 Å². The lowest BCUT2D eigenvalue weighted by Gasteiger charge is -2.18. The van der Waals surface area contributed by atoms with Gasteiger partial charge < -0.3 is 11.1 Å². The average Bonchev–Trinajstić information content (AvgIpc) is 2.06. The summed E-state index contributed by atoms with van der Waals surface area (Å²) in [4.78, 5) is 0. The molecule has 0 aliphatic carbocycles. The van der Waals surface area contributed by atoms with Gasteiger partial charge in [-0.15, -0.1) is 0 Å². The summed E-state index contributed by atoms with van der Waals surface area (Å²) in [6, 6.07) is 3.89. The second-order valence-electron chi connectivity index (χ2n) is 3.60. The van der Waals surface area contributed by atoms with Gasteiger partial charge in [-0.2, -0.15) is 13.2 Å². The first-order chi connectivity index (χ1) is 7.28. The molecule has 2 nitrogen and oxygen atoms in total. The van der Waals surface area contributed by atoms with Gasteiger partial charge in [0.1, 0.15) is 0 Å². The molecule has 0 amide bonds. The lowest BCUT2D eigenvalue weighted by molar-refractivity contribution is -0.136. The fourth-order valence-corrected chi connectivity index (χ4v) is 1.51. The van der Waals surface area contributed by atoms with Gasteiger partial charge in [0.25, 0.3) is 0 Å². The molecule has 0 heterocycles. The second kappa shape index (κ2) is 4.82. The maximum atomic E-state index is 12.1. The molecule has 0 bridgehead atoms. The van der Waals surface area contributed by atoms with Gasteiger partial charge in [0.05, 0.1) is 17.8 Å². The Hall–Kier alpha value is -1.10. The van der Waals surface area contributed by atoms with Gasteiger partial charge in [0.2, 0.25) is 0 Å². The molecule has 3 N–H and O–H groups in total. The highest BCUT2D eigenvalue weighted by molar-refractivity contribution is 6.31. The number of alkyl halides is 3. The molecule has 1 aromatic rings. The van der Waals surface area contributed by atoms with E-state index in [1.165, 1.54) is 13.0 Å². The largest absolute Gasteiger partial charge is 0.397 e. The van der Waals surface area contributed by atoms with Crippen molar-refractivity contribution in [3.63, 3.8) is 0 Å². The molecule has 90 valence electrons. The van der Waals surface area contributed by atoms with Crippen molar-refractivity contribution in [2.45, 2.75) is 25.6 Å². The molecular formula is C10H12ClF3N2. The van der Waals surface area contributed by atoms with Gasteiger partial charge >= 0.3 is 6.18 Å². The molecule has 0 saturated carbocycles. The molecule has 1 atom stereocenters. The summed E-state index contributed by atoms with van der Waals surface area (Å²) in [5.74, 6) is 0. The van der Waals surface area contributed by atoms with Crippen molar-refractivity contribution in [1.82, 2.24) is 0 Å². The lowest BCUT2D eigenvalue weighted by Crippen LogP contribution is -2.24. The van der Waals surface area contributed by atoms with E-state index >= 15 is 0 Å². The first-order valence-electron chi connectivity index (χ1n) is 4.66. The number of benzene rings is 1. The quantitative estimate of drug-likeness (QED) is 0.806. The normalized spacial score (nSPS) is 13.6. The molecule has 1 unspecified atom stereocenters. The molecule has 0 aromatic heterocycles. The topological polar surface area (TPSA) is 38.0 Å². The van der Waals surface area contributed by atoms with Crippen LogP contribution in [0.3, 0.4) is 0 Å². The van der Waals surface area contributed by atoms with E-state index in [0.29, 0.717) is 16.4 Å². The average molecular weight is 253 g/mol. The molecular weight excluding hydrogens is 241 g/mol. The predicted octanol–water partition coefficient (Wildman–Crippen LogP) is 3.68. The van der Waals surface area contributed by atoms with Crippen LogP contribution >= 0.6 is 11.6 Å². The van der Waals surface area contributed by atoms with Gasteiger partial charge in [-0.3, -0.25) is 0 Å². The molecule has 16 heavy (non-hydrogen) atoms. The smallest absolute Gasteiger partial charge is 0.391 e. The summed E-state index contributed by atoms with van der Waals surface area (Å²) < 4.78 is 36.2. The first-order valence-corrected chi connectivity index (χ1v) is 5.04. The predicted molar refractivity (Wildman–Crippen MR) is 59.6 cm³/mol. The number of rotatable bonds is 3. The molecule has 6 heteroatoms. The van der Waals surface area contributed by atoms with E-state index in [9.17, 15) is 13.2 Å². The van der Waals surface area contributed by atoms with E-state index in [1.807, 2.05) is 0 Å². The number of anilines is 2. The van der Waals surface area contributed by atoms with Crippen LogP contribution in [-0.2, 0) is 0 Å². The number of nitrogens with one attached hydrogen (secondary N) is 1. The zero-order valence-electron chi connectivity index (χ0n) is 8.61. The van der Waals surface area contributed by atoms with Crippen molar-refractivity contribution >= 4 is 23.0 Å². The third kappa shape index (κ3) is 4.18. The molecule has 0 saturated heterocycles. The third-order valence-corrected chi connectivity index (χ3v) is 2.19. The number of hydrogen-bond donors (Lipinski definition) is 2. The Morgan fingerprint density at radius 2 is 2.06 bits per heavy atom. The third-order valence-electron chi connectivity index (χ3n) is 1.95. The molecule has 0 aliphatic rings. The fraction of sp³-hybridized carbons (Fsp3) is 0.400. The number of hydrogen-bond acceptors (Lipinski definition) is 2. The van der Waals surface area contributed by atoms with Gasteiger partial charge in [-0.1, -0.05) is 11.6 Å². The van der Waals surface area contributed by atoms with E-state index in [1.54, 1.807) is 12.1 Å². The van der Waals surface area contributed by atoms with Crippen molar-refractivity contribution in [3.8, 4) is 0 Å². The van der Waals surface area contributed by atoms with Crippen LogP contribution in [0.1, 0.15) is 13.3 Å². The zero-order valence-corrected chi connectivity index (χ0v) is 9.36. The maximum Gasteiger partial charge on any atom is 0.391 e. The SMILES string of the molecule is CC(CC(F)(F)F)Nc1ccc(Cl)cc1N. The zero-order chi connectivity index (χ0) is 12.3. The Kier molecular flexibility index (Phi) is 3.91. The molecule has 1 rings (SSSR count). The van der Waals surface area contributed by atoms with Gasteiger partial charge in [0.15, 0.2) is 0 Å². The van der Waals surface area contributed by atoms with Gasteiger partial charge in [-0.25, -0.2) is 0 Å². The summed E-state index contributed by atoms with van der Waals surface area (Å²) in [5.41, 5.74) is 6.40. The Labute approximate surface area is 96.6 Å². The first kappa shape index (κ1) is 13.0. The molecule has 0 spiro atoms. The minimum atomic E-state index is -4.19. The Bertz CT molecular complexity index is 366. The maximum absolute atomic E-state index is 12.1. The summed E-state index contributed by atoms with van der Waals surface area (Å²) >= 11 is 5.67. The highest BCUT2D eigenvalue weighted by atomic mass is 35.5. The van der Waals surface area contributed by atoms with Gasteiger partial charge in [-0.05, 0) is 25.1 Å². The van der Waals surface area contributed by atoms with Crippen LogP contribution in [0.25, 0.3) is 0 Å². The molecule has 1 aromatic carbocycles. The number of nitrogen functional groups attached to an aromatic ring is 1. The van der Waals surface area contributed by atoms with Crippen molar-refractivity contribution in [3.05, 3.63) is 23.2 Å². The minimum Gasteiger partial charge on any atom is -0.397 e. The van der Waals surface area contributed by atoms with Crippen LogP contribution in [0.15, 0.2) is 18.2 Å². The summed E-state index contributed by atoms with van der Waals surface area (Å²) in [7, 11) is 0. The van der Waals surface area contributed by atoms with Crippen LogP contribution in [0.2, 0.25) is 5.02 Å². The monoisotopic (exact) mass is 252 g/mol. The number of nitrogens with two attached hydrogens (primary N) is 1. The van der Waals surface area contributed by atoms with Crippen LogP contribution in [0, 0.1) is 0 Å². The van der Waals surface area contributed by atoms with Crippen LogP contribution in [-0.4, -0.2) is 12.2 Å². The second-order valence-corrected chi connectivity index (χ2v) is 4.03. The van der Waals surface area contributed by atoms with Crippen molar-refractivity contribution < 1.29 is 13.2 Å². The Morgan fingerprint density at radius 1 is 1.44 bits per heavy atom. The highest BCUT2D eigenvalue weighted by Gasteiger charge is 2.30. The van der Waals surface area contributed by atoms with Crippen molar-refractivity contribution in [1.29, 1.82) is 0 Å². The molecule has 0 aliphatic heterocycles. The summed E-state index contributed by atoms with van der Waals surface area (Å²) in [6.07, 6.45) is -5.09. The summed E-state index contributed by atoms with van der Waals surface area (Å²) in [6.45, 7) is 1.45. The van der Waals surface area contributed by atoms with Crippen LogP contribution < -0.4 is 11.1 Å². The van der Waals surface area contributed by atoms with E-state index in [4.69, 9.17) is 17.3 Å².